The van der Waals surface area contributed by atoms with E-state index in [1.54, 1.807) is 0 Å². The highest BCUT2D eigenvalue weighted by Gasteiger charge is 2.36. The van der Waals surface area contributed by atoms with Crippen molar-refractivity contribution in [3.05, 3.63) is 132 Å². The number of benzene rings is 4. The molecule has 0 radical (unpaired) electrons. The Kier molecular flexibility index (Phi) is 17.9. The van der Waals surface area contributed by atoms with Crippen LogP contribution in [0.2, 0.25) is 0 Å². The van der Waals surface area contributed by atoms with Crippen molar-refractivity contribution in [2.75, 3.05) is 19.8 Å². The van der Waals surface area contributed by atoms with E-state index in [0.29, 0.717) is 50.6 Å². The Morgan fingerprint density at radius 2 is 0.934 bits per heavy atom. The lowest BCUT2D eigenvalue weighted by atomic mass is 9.82. The van der Waals surface area contributed by atoms with Gasteiger partial charge in [-0.25, -0.2) is 4.79 Å². The number of fused-ring (bicyclic) bond motifs is 3. The van der Waals surface area contributed by atoms with Gasteiger partial charge in [-0.15, -0.1) is 0 Å². The van der Waals surface area contributed by atoms with Crippen molar-refractivity contribution in [1.82, 2.24) is 0 Å². The largest absolute Gasteiger partial charge is 0.494 e. The molecule has 1 aliphatic rings. The number of hydrogen-bond acceptors (Lipinski definition) is 9. The molecule has 0 saturated carbocycles. The van der Waals surface area contributed by atoms with E-state index in [1.807, 2.05) is 84.9 Å². The number of ketones is 1. The molecule has 322 valence electrons. The molecule has 0 N–H and O–H groups in total. The number of rotatable bonds is 27. The minimum atomic E-state index is -0.405. The number of ether oxygens (including phenoxy) is 5. The fourth-order valence-electron chi connectivity index (χ4n) is 7.39. The molecule has 0 amide bonds. The minimum Gasteiger partial charge on any atom is -0.494 e. The Bertz CT molecular complexity index is 1950. The first-order valence-corrected chi connectivity index (χ1v) is 21.6. The Hall–Kier alpha value is -5.96. The molecule has 9 nitrogen and oxygen atoms in total. The lowest BCUT2D eigenvalue weighted by molar-refractivity contribution is -0.138. The average molecular weight is 829 g/mol. The first kappa shape index (κ1) is 46.1. The average Bonchev–Trinajstić information content (AvgIpc) is 3.48. The predicted molar refractivity (Wildman–Crippen MR) is 238 cm³/mol. The van der Waals surface area contributed by atoms with Crippen molar-refractivity contribution in [3.8, 4) is 34.1 Å². The molecule has 0 aromatic heterocycles. The summed E-state index contributed by atoms with van der Waals surface area (Å²) in [4.78, 5) is 48.2. The quantitative estimate of drug-likeness (QED) is 0.0251. The van der Waals surface area contributed by atoms with E-state index in [0.717, 1.165) is 103 Å². The van der Waals surface area contributed by atoms with E-state index < -0.39 is 5.41 Å². The third-order valence-corrected chi connectivity index (χ3v) is 10.9. The van der Waals surface area contributed by atoms with Crippen LogP contribution < -0.4 is 18.9 Å². The fraction of sp³-hybridized carbons (Fsp3) is 0.385. The second kappa shape index (κ2) is 23.7. The third-order valence-electron chi connectivity index (χ3n) is 10.9. The molecule has 0 bridgehead atoms. The molecule has 0 unspecified atom stereocenters. The summed E-state index contributed by atoms with van der Waals surface area (Å²) in [5, 5.41) is 0. The highest BCUT2D eigenvalue weighted by Crippen LogP contribution is 2.50. The summed E-state index contributed by atoms with van der Waals surface area (Å²) in [5.41, 5.74) is 5.86. The van der Waals surface area contributed by atoms with Crippen LogP contribution in [0.3, 0.4) is 0 Å². The van der Waals surface area contributed by atoms with Gasteiger partial charge < -0.3 is 23.7 Å². The molecule has 0 spiro atoms. The van der Waals surface area contributed by atoms with Gasteiger partial charge >= 0.3 is 17.9 Å². The molecule has 0 aliphatic heterocycles. The van der Waals surface area contributed by atoms with Crippen LogP contribution in [0, 0.1) is 0 Å². The highest BCUT2D eigenvalue weighted by atomic mass is 16.5. The molecule has 1 aliphatic carbocycles. The van der Waals surface area contributed by atoms with Gasteiger partial charge in [0, 0.05) is 30.8 Å². The summed E-state index contributed by atoms with van der Waals surface area (Å²) in [7, 11) is 0. The van der Waals surface area contributed by atoms with Crippen LogP contribution in [-0.4, -0.2) is 43.5 Å². The lowest BCUT2D eigenvalue weighted by Gasteiger charge is -2.22. The summed E-state index contributed by atoms with van der Waals surface area (Å²) >= 11 is 0. The maximum absolute atomic E-state index is 12.9. The summed E-state index contributed by atoms with van der Waals surface area (Å²) < 4.78 is 28.4. The van der Waals surface area contributed by atoms with E-state index in [2.05, 4.69) is 27.0 Å². The van der Waals surface area contributed by atoms with Gasteiger partial charge in [0.2, 0.25) is 0 Å². The Balaban J connectivity index is 1.01. The highest BCUT2D eigenvalue weighted by molar-refractivity contribution is 5.89. The lowest BCUT2D eigenvalue weighted by Crippen LogP contribution is -2.16. The van der Waals surface area contributed by atoms with Gasteiger partial charge in [0.1, 0.15) is 23.0 Å². The molecular weight excluding hydrogens is 769 g/mol. The van der Waals surface area contributed by atoms with Crippen molar-refractivity contribution in [1.29, 1.82) is 0 Å². The van der Waals surface area contributed by atoms with Crippen LogP contribution >= 0.6 is 0 Å². The van der Waals surface area contributed by atoms with E-state index in [1.165, 1.54) is 12.2 Å². The molecule has 0 atom stereocenters. The van der Waals surface area contributed by atoms with E-state index in [9.17, 15) is 19.2 Å². The zero-order chi connectivity index (χ0) is 43.5. The van der Waals surface area contributed by atoms with Gasteiger partial charge in [-0.2, -0.15) is 0 Å². The van der Waals surface area contributed by atoms with Crippen molar-refractivity contribution in [3.63, 3.8) is 0 Å². The first-order chi connectivity index (χ1) is 29.5. The second-order valence-electron chi connectivity index (χ2n) is 15.9. The summed E-state index contributed by atoms with van der Waals surface area (Å²) in [5.74, 6) is 1.71. The van der Waals surface area contributed by atoms with Gasteiger partial charge in [0.05, 0.1) is 19.8 Å². The zero-order valence-corrected chi connectivity index (χ0v) is 35.8. The van der Waals surface area contributed by atoms with Gasteiger partial charge in [0.15, 0.2) is 5.78 Å². The predicted octanol–water partition coefficient (Wildman–Crippen LogP) is 11.2. The normalized spacial score (nSPS) is 12.1. The molecule has 5 rings (SSSR count). The number of esters is 3. The summed E-state index contributed by atoms with van der Waals surface area (Å²) in [6, 6.07) is 27.2. The number of carbonyl (C=O) groups excluding carboxylic acids is 4. The number of unbranched alkanes of at least 4 members (excludes halogenated alkanes) is 7. The molecule has 4 aromatic carbocycles. The molecule has 9 heteroatoms. The number of hydrogen-bond donors (Lipinski definition) is 0. The fourth-order valence-corrected chi connectivity index (χ4v) is 7.39. The van der Waals surface area contributed by atoms with E-state index in [4.69, 9.17) is 23.7 Å². The molecule has 61 heavy (non-hydrogen) atoms. The standard InChI is InChI=1S/C52H60O9/c1-5-40(53)16-12-8-7-9-13-33-57-41-23-17-38(18-24-41)21-31-50(55)60-43-27-29-45-46-30-28-44(37-48(46)52(3,4)47(45)36-43)61-51(56)32-22-39-19-25-42(26-20-39)58-34-14-10-11-15-35-59-49(54)6-2/h5-6,17-20,23-30,36-37H,1-2,7-16,21-22,31-35H2,3-4H3. The second-order valence-corrected chi connectivity index (χ2v) is 15.9. The Labute approximate surface area is 361 Å². The third kappa shape index (κ3) is 14.6. The van der Waals surface area contributed by atoms with Crippen molar-refractivity contribution in [2.45, 2.75) is 109 Å². The molecule has 0 fully saturated rings. The van der Waals surface area contributed by atoms with Crippen molar-refractivity contribution in [2.24, 2.45) is 0 Å². The van der Waals surface area contributed by atoms with Crippen LogP contribution in [0.15, 0.2) is 110 Å². The molecular formula is C52H60O9. The summed E-state index contributed by atoms with van der Waals surface area (Å²) in [6.45, 7) is 12.8. The van der Waals surface area contributed by atoms with Gasteiger partial charge in [-0.1, -0.05) is 82.7 Å². The number of allylic oxidation sites excluding steroid dienone is 1. The van der Waals surface area contributed by atoms with Crippen LogP contribution in [0.25, 0.3) is 11.1 Å². The van der Waals surface area contributed by atoms with Gasteiger partial charge in [-0.05, 0) is 139 Å². The zero-order valence-electron chi connectivity index (χ0n) is 35.8. The number of aryl methyl sites for hydroxylation is 2. The van der Waals surface area contributed by atoms with Gasteiger partial charge in [-0.3, -0.25) is 14.4 Å². The van der Waals surface area contributed by atoms with Crippen LogP contribution in [0.4, 0.5) is 0 Å². The van der Waals surface area contributed by atoms with Crippen LogP contribution in [-0.2, 0) is 42.2 Å². The molecule has 0 heterocycles. The monoisotopic (exact) mass is 828 g/mol. The molecule has 4 aromatic rings. The Morgan fingerprint density at radius 1 is 0.508 bits per heavy atom. The van der Waals surface area contributed by atoms with E-state index in [-0.39, 0.29) is 36.5 Å². The molecule has 0 saturated heterocycles. The first-order valence-electron chi connectivity index (χ1n) is 21.6. The SMILES string of the molecule is C=CC(=O)CCCCCCCOc1ccc(CCC(=O)Oc2ccc3c(c2)C(C)(C)c2cc(OC(=O)CCc4ccc(OCCCCCCOC(=O)C=C)cc4)ccc2-3)cc1. The maximum Gasteiger partial charge on any atom is 0.330 e. The van der Waals surface area contributed by atoms with E-state index >= 15 is 0 Å². The summed E-state index contributed by atoms with van der Waals surface area (Å²) in [6.07, 6.45) is 13.5. The maximum atomic E-state index is 12.9. The van der Waals surface area contributed by atoms with Crippen LogP contribution in [0.1, 0.15) is 113 Å². The van der Waals surface area contributed by atoms with Gasteiger partial charge in [0.25, 0.3) is 0 Å². The minimum absolute atomic E-state index is 0.112. The number of carbonyl (C=O) groups is 4. The smallest absolute Gasteiger partial charge is 0.330 e. The topological polar surface area (TPSA) is 114 Å². The van der Waals surface area contributed by atoms with Crippen LogP contribution in [0.5, 0.6) is 23.0 Å². The van der Waals surface area contributed by atoms with Crippen molar-refractivity contribution < 1.29 is 42.9 Å². The van der Waals surface area contributed by atoms with Crippen molar-refractivity contribution >= 4 is 23.7 Å². The Morgan fingerprint density at radius 3 is 1.39 bits per heavy atom.